The third-order valence-corrected chi connectivity index (χ3v) is 3.97. The molecule has 0 bridgehead atoms. The molecule has 1 amide bonds. The molecule has 0 fully saturated rings. The van der Waals surface area contributed by atoms with Crippen molar-refractivity contribution >= 4 is 23.4 Å². The first kappa shape index (κ1) is 14.5. The number of benzene rings is 2. The standard InChI is InChI=1S/C16H18N2OS/c1-12(14-9-5-6-10-15(14)17)18-16(19)11-20-13-7-3-2-4-8-13/h2-10,12H,11,17H2,1H3,(H,18,19). The SMILES string of the molecule is CC(NC(=O)CSc1ccccc1)c1ccccc1N. The van der Waals surface area contributed by atoms with Gasteiger partial charge in [0.1, 0.15) is 0 Å². The second kappa shape index (κ2) is 7.01. The van der Waals surface area contributed by atoms with Crippen LogP contribution in [0.2, 0.25) is 0 Å². The fourth-order valence-corrected chi connectivity index (χ4v) is 2.66. The van der Waals surface area contributed by atoms with Gasteiger partial charge in [0.05, 0.1) is 11.8 Å². The second-order valence-electron chi connectivity index (χ2n) is 4.52. The van der Waals surface area contributed by atoms with Gasteiger partial charge in [-0.2, -0.15) is 0 Å². The fourth-order valence-electron chi connectivity index (χ4n) is 1.93. The molecular weight excluding hydrogens is 268 g/mol. The molecular formula is C16H18N2OS. The Morgan fingerprint density at radius 1 is 1.15 bits per heavy atom. The van der Waals surface area contributed by atoms with E-state index in [-0.39, 0.29) is 11.9 Å². The number of thioether (sulfide) groups is 1. The van der Waals surface area contributed by atoms with E-state index in [0.717, 1.165) is 10.5 Å². The Morgan fingerprint density at radius 3 is 2.50 bits per heavy atom. The summed E-state index contributed by atoms with van der Waals surface area (Å²) in [5.74, 6) is 0.413. The van der Waals surface area contributed by atoms with Crippen molar-refractivity contribution in [1.29, 1.82) is 0 Å². The molecule has 0 aliphatic carbocycles. The van der Waals surface area contributed by atoms with Gasteiger partial charge in [-0.15, -0.1) is 11.8 Å². The van der Waals surface area contributed by atoms with Gasteiger partial charge in [0, 0.05) is 10.6 Å². The van der Waals surface area contributed by atoms with Crippen molar-refractivity contribution in [3.8, 4) is 0 Å². The zero-order chi connectivity index (χ0) is 14.4. The van der Waals surface area contributed by atoms with Gasteiger partial charge in [0.2, 0.25) is 5.91 Å². The molecule has 0 aliphatic heterocycles. The van der Waals surface area contributed by atoms with Crippen LogP contribution in [-0.4, -0.2) is 11.7 Å². The van der Waals surface area contributed by atoms with Gasteiger partial charge in [-0.1, -0.05) is 36.4 Å². The highest BCUT2D eigenvalue weighted by molar-refractivity contribution is 8.00. The van der Waals surface area contributed by atoms with Crippen LogP contribution in [0.3, 0.4) is 0 Å². The summed E-state index contributed by atoms with van der Waals surface area (Å²) < 4.78 is 0. The van der Waals surface area contributed by atoms with Gasteiger partial charge in [-0.3, -0.25) is 4.79 Å². The van der Waals surface area contributed by atoms with Crippen molar-refractivity contribution in [2.75, 3.05) is 11.5 Å². The summed E-state index contributed by atoms with van der Waals surface area (Å²) in [6.45, 7) is 1.94. The lowest BCUT2D eigenvalue weighted by atomic mass is 10.1. The van der Waals surface area contributed by atoms with Crippen LogP contribution in [0.1, 0.15) is 18.5 Å². The average Bonchev–Trinajstić information content (AvgIpc) is 2.46. The maximum Gasteiger partial charge on any atom is 0.230 e. The number of carbonyl (C=O) groups excluding carboxylic acids is 1. The second-order valence-corrected chi connectivity index (χ2v) is 5.57. The highest BCUT2D eigenvalue weighted by Crippen LogP contribution is 2.20. The van der Waals surface area contributed by atoms with Gasteiger partial charge in [0.25, 0.3) is 0 Å². The number of nitrogen functional groups attached to an aromatic ring is 1. The van der Waals surface area contributed by atoms with E-state index < -0.39 is 0 Å². The van der Waals surface area contributed by atoms with E-state index in [1.54, 1.807) is 0 Å². The van der Waals surface area contributed by atoms with Crippen LogP contribution in [-0.2, 0) is 4.79 Å². The molecule has 1 unspecified atom stereocenters. The summed E-state index contributed by atoms with van der Waals surface area (Å²) in [6.07, 6.45) is 0. The summed E-state index contributed by atoms with van der Waals surface area (Å²) in [6, 6.07) is 17.4. The molecule has 3 nitrogen and oxygen atoms in total. The van der Waals surface area contributed by atoms with E-state index in [9.17, 15) is 4.79 Å². The smallest absolute Gasteiger partial charge is 0.230 e. The maximum atomic E-state index is 11.9. The van der Waals surface area contributed by atoms with E-state index in [1.165, 1.54) is 11.8 Å². The van der Waals surface area contributed by atoms with Gasteiger partial charge < -0.3 is 11.1 Å². The van der Waals surface area contributed by atoms with Crippen LogP contribution in [0.5, 0.6) is 0 Å². The molecule has 0 saturated heterocycles. The lowest BCUT2D eigenvalue weighted by molar-refractivity contribution is -0.119. The molecule has 0 saturated carbocycles. The molecule has 0 radical (unpaired) electrons. The topological polar surface area (TPSA) is 55.1 Å². The van der Waals surface area contributed by atoms with Crippen LogP contribution in [0.4, 0.5) is 5.69 Å². The summed E-state index contributed by atoms with van der Waals surface area (Å²) in [5, 5.41) is 2.97. The van der Waals surface area contributed by atoms with Gasteiger partial charge >= 0.3 is 0 Å². The monoisotopic (exact) mass is 286 g/mol. The molecule has 2 aromatic carbocycles. The summed E-state index contributed by atoms with van der Waals surface area (Å²) in [5.41, 5.74) is 7.56. The number of amides is 1. The molecule has 104 valence electrons. The molecule has 2 aromatic rings. The van der Waals surface area contributed by atoms with E-state index in [0.29, 0.717) is 11.4 Å². The molecule has 0 aromatic heterocycles. The Balaban J connectivity index is 1.87. The van der Waals surface area contributed by atoms with Gasteiger partial charge in [-0.25, -0.2) is 0 Å². The van der Waals surface area contributed by atoms with E-state index in [1.807, 2.05) is 61.5 Å². The molecule has 2 rings (SSSR count). The highest BCUT2D eigenvalue weighted by Gasteiger charge is 2.11. The van der Waals surface area contributed by atoms with Crippen LogP contribution >= 0.6 is 11.8 Å². The maximum absolute atomic E-state index is 11.9. The van der Waals surface area contributed by atoms with Crippen molar-refractivity contribution < 1.29 is 4.79 Å². The number of hydrogen-bond donors (Lipinski definition) is 2. The van der Waals surface area contributed by atoms with Gasteiger partial charge in [0.15, 0.2) is 0 Å². The van der Waals surface area contributed by atoms with Gasteiger partial charge in [-0.05, 0) is 30.7 Å². The van der Waals surface area contributed by atoms with E-state index >= 15 is 0 Å². The van der Waals surface area contributed by atoms with Crippen molar-refractivity contribution in [3.63, 3.8) is 0 Å². The number of nitrogens with one attached hydrogen (secondary N) is 1. The number of nitrogens with two attached hydrogens (primary N) is 1. The predicted octanol–water partition coefficient (Wildman–Crippen LogP) is 3.24. The summed E-state index contributed by atoms with van der Waals surface area (Å²) in [7, 11) is 0. The van der Waals surface area contributed by atoms with Crippen LogP contribution < -0.4 is 11.1 Å². The third-order valence-electron chi connectivity index (χ3n) is 2.95. The minimum atomic E-state index is -0.0833. The lowest BCUT2D eigenvalue weighted by Gasteiger charge is -2.16. The number of carbonyl (C=O) groups is 1. The third kappa shape index (κ3) is 4.03. The first-order valence-electron chi connectivity index (χ1n) is 6.48. The molecule has 0 spiro atoms. The van der Waals surface area contributed by atoms with E-state index in [4.69, 9.17) is 5.73 Å². The molecule has 3 N–H and O–H groups in total. The number of rotatable bonds is 5. The minimum Gasteiger partial charge on any atom is -0.398 e. The molecule has 0 heterocycles. The highest BCUT2D eigenvalue weighted by atomic mass is 32.2. The number of anilines is 1. The van der Waals surface area contributed by atoms with Crippen LogP contribution in [0, 0.1) is 0 Å². The Labute approximate surface area is 123 Å². The lowest BCUT2D eigenvalue weighted by Crippen LogP contribution is -2.28. The zero-order valence-corrected chi connectivity index (χ0v) is 12.2. The van der Waals surface area contributed by atoms with Crippen molar-refractivity contribution in [3.05, 3.63) is 60.2 Å². The van der Waals surface area contributed by atoms with Crippen LogP contribution in [0.25, 0.3) is 0 Å². The van der Waals surface area contributed by atoms with Crippen molar-refractivity contribution in [1.82, 2.24) is 5.32 Å². The molecule has 4 heteroatoms. The Morgan fingerprint density at radius 2 is 1.80 bits per heavy atom. The van der Waals surface area contributed by atoms with E-state index in [2.05, 4.69) is 5.32 Å². The molecule has 1 atom stereocenters. The summed E-state index contributed by atoms with van der Waals surface area (Å²) in [4.78, 5) is 13.0. The first-order valence-corrected chi connectivity index (χ1v) is 7.47. The van der Waals surface area contributed by atoms with Crippen LogP contribution in [0.15, 0.2) is 59.5 Å². The normalized spacial score (nSPS) is 11.8. The molecule has 0 aliphatic rings. The fraction of sp³-hybridized carbons (Fsp3) is 0.188. The largest absolute Gasteiger partial charge is 0.398 e. The Kier molecular flexibility index (Phi) is 5.07. The zero-order valence-electron chi connectivity index (χ0n) is 11.4. The number of para-hydroxylation sites is 1. The number of hydrogen-bond acceptors (Lipinski definition) is 3. The first-order chi connectivity index (χ1) is 9.66. The predicted molar refractivity (Wildman–Crippen MR) is 84.6 cm³/mol. The summed E-state index contributed by atoms with van der Waals surface area (Å²) >= 11 is 1.53. The Bertz CT molecular complexity index is 572. The minimum absolute atomic E-state index is 0.00889. The van der Waals surface area contributed by atoms with Crippen molar-refractivity contribution in [2.45, 2.75) is 17.9 Å². The van der Waals surface area contributed by atoms with Crippen molar-refractivity contribution in [2.24, 2.45) is 0 Å². The Hall–Kier alpha value is -1.94. The average molecular weight is 286 g/mol. The quantitative estimate of drug-likeness (QED) is 0.655. The molecule has 20 heavy (non-hydrogen) atoms.